The molecule has 1 aliphatic heterocycles. The first kappa shape index (κ1) is 20.8. The molecule has 0 radical (unpaired) electrons. The predicted octanol–water partition coefficient (Wildman–Crippen LogP) is 1.86. The van der Waals surface area contributed by atoms with Gasteiger partial charge in [-0.2, -0.15) is 0 Å². The minimum atomic E-state index is -3.61. The average Bonchev–Trinajstić information content (AvgIpc) is 2.60. The lowest BCUT2D eigenvalue weighted by molar-refractivity contribution is 0.186. The number of sulfone groups is 1. The molecule has 9 heteroatoms. The Balaban J connectivity index is 2.10. The number of carbonyl (C=O) groups excluding carboxylic acids is 1. The minimum Gasteiger partial charge on any atom is -0.497 e. The second kappa shape index (κ2) is 8.92. The van der Waals surface area contributed by atoms with Crippen LogP contribution >= 0.6 is 11.6 Å². The Labute approximate surface area is 160 Å². The summed E-state index contributed by atoms with van der Waals surface area (Å²) in [5, 5.41) is 2.48. The number of nitrogens with zero attached hydrogens (tertiary/aromatic N) is 2. The molecule has 1 fully saturated rings. The number of hydrogen-bond donors (Lipinski definition) is 1. The Morgan fingerprint density at radius 1 is 1.38 bits per heavy atom. The van der Waals surface area contributed by atoms with Crippen molar-refractivity contribution in [2.24, 2.45) is 0 Å². The molecule has 1 saturated heterocycles. The van der Waals surface area contributed by atoms with Crippen LogP contribution in [-0.2, 0) is 9.84 Å². The maximum atomic E-state index is 13.0. The highest BCUT2D eigenvalue weighted by Crippen LogP contribution is 2.29. The Bertz CT molecular complexity index is 740. The fraction of sp³-hybridized carbons (Fsp3) is 0.588. The van der Waals surface area contributed by atoms with E-state index in [2.05, 4.69) is 5.32 Å². The van der Waals surface area contributed by atoms with Crippen LogP contribution < -0.4 is 10.1 Å². The van der Waals surface area contributed by atoms with E-state index in [1.807, 2.05) is 19.0 Å². The number of halogens is 1. The summed E-state index contributed by atoms with van der Waals surface area (Å²) in [5.74, 6) is 0.394. The number of nitrogens with one attached hydrogen (secondary N) is 1. The largest absolute Gasteiger partial charge is 0.497 e. The second-order valence-electron chi connectivity index (χ2n) is 6.62. The van der Waals surface area contributed by atoms with Crippen LogP contribution in [0.4, 0.5) is 4.79 Å². The van der Waals surface area contributed by atoms with Gasteiger partial charge in [-0.1, -0.05) is 11.6 Å². The smallest absolute Gasteiger partial charge is 0.317 e. The quantitative estimate of drug-likeness (QED) is 0.784. The molecule has 0 aliphatic carbocycles. The molecule has 1 heterocycles. The third-order valence-electron chi connectivity index (χ3n) is 4.35. The number of urea groups is 1. The van der Waals surface area contributed by atoms with Gasteiger partial charge < -0.3 is 19.9 Å². The number of likely N-dealkylation sites (N-methyl/N-ethyl adjacent to an activating group) is 1. The Kier molecular flexibility index (Phi) is 7.14. The number of piperidine rings is 1. The summed E-state index contributed by atoms with van der Waals surface area (Å²) in [6.07, 6.45) is 1.15. The molecule has 7 nitrogen and oxygen atoms in total. The third-order valence-corrected chi connectivity index (χ3v) is 6.72. The molecule has 1 unspecified atom stereocenters. The first-order chi connectivity index (χ1) is 12.2. The highest BCUT2D eigenvalue weighted by atomic mass is 35.5. The Morgan fingerprint density at radius 2 is 2.12 bits per heavy atom. The van der Waals surface area contributed by atoms with Crippen molar-refractivity contribution in [1.82, 2.24) is 15.1 Å². The molecular formula is C17H26ClN3O4S. The fourth-order valence-corrected chi connectivity index (χ4v) is 4.99. The number of likely N-dealkylation sites (tertiary alicyclic amines) is 1. The van der Waals surface area contributed by atoms with Gasteiger partial charge in [0.1, 0.15) is 5.75 Å². The van der Waals surface area contributed by atoms with Crippen LogP contribution in [0.2, 0.25) is 5.02 Å². The number of benzene rings is 1. The summed E-state index contributed by atoms with van der Waals surface area (Å²) < 4.78 is 31.1. The van der Waals surface area contributed by atoms with Crippen molar-refractivity contribution in [3.05, 3.63) is 23.2 Å². The van der Waals surface area contributed by atoms with Crippen molar-refractivity contribution >= 4 is 27.5 Å². The lowest BCUT2D eigenvalue weighted by atomic mass is 10.1. The molecule has 146 valence electrons. The van der Waals surface area contributed by atoms with Gasteiger partial charge >= 0.3 is 6.03 Å². The predicted molar refractivity (Wildman–Crippen MR) is 102 cm³/mol. The van der Waals surface area contributed by atoms with Crippen molar-refractivity contribution in [2.45, 2.75) is 23.0 Å². The van der Waals surface area contributed by atoms with Gasteiger partial charge in [0.05, 0.1) is 17.3 Å². The highest BCUT2D eigenvalue weighted by molar-refractivity contribution is 7.92. The van der Waals surface area contributed by atoms with Crippen molar-refractivity contribution in [1.29, 1.82) is 0 Å². The van der Waals surface area contributed by atoms with E-state index in [1.54, 1.807) is 11.0 Å². The molecule has 1 atom stereocenters. The van der Waals surface area contributed by atoms with E-state index in [0.717, 1.165) is 6.54 Å². The van der Waals surface area contributed by atoms with E-state index in [1.165, 1.54) is 19.2 Å². The van der Waals surface area contributed by atoms with Crippen LogP contribution in [0.3, 0.4) is 0 Å². The van der Waals surface area contributed by atoms with Crippen LogP contribution in [0.15, 0.2) is 23.1 Å². The lowest BCUT2D eigenvalue weighted by Crippen LogP contribution is -2.49. The number of hydrogen-bond acceptors (Lipinski definition) is 5. The molecule has 0 saturated carbocycles. The van der Waals surface area contributed by atoms with Crippen molar-refractivity contribution in [3.63, 3.8) is 0 Å². The van der Waals surface area contributed by atoms with Gasteiger partial charge in [-0.3, -0.25) is 0 Å². The SMILES string of the molecule is COc1cc(Cl)cc(S(=O)(=O)C2CCCN(C(=O)NCCN(C)C)C2)c1. The van der Waals surface area contributed by atoms with Gasteiger partial charge in [0, 0.05) is 31.2 Å². The summed E-state index contributed by atoms with van der Waals surface area (Å²) >= 11 is 6.01. The zero-order valence-electron chi connectivity index (χ0n) is 15.4. The van der Waals surface area contributed by atoms with Crippen LogP contribution in [-0.4, -0.2) is 76.9 Å². The van der Waals surface area contributed by atoms with Gasteiger partial charge in [-0.05, 0) is 45.1 Å². The standard InChI is InChI=1S/C17H26ClN3O4S/c1-20(2)8-6-19-17(22)21-7-4-5-15(12-21)26(23,24)16-10-13(18)9-14(11-16)25-3/h9-11,15H,4-8,12H2,1-3H3,(H,19,22). The maximum Gasteiger partial charge on any atom is 0.317 e. The number of amides is 2. The number of rotatable bonds is 6. The molecule has 1 aromatic rings. The van der Waals surface area contributed by atoms with Crippen LogP contribution in [0.5, 0.6) is 5.75 Å². The molecule has 0 bridgehead atoms. The zero-order chi connectivity index (χ0) is 19.3. The molecular weight excluding hydrogens is 378 g/mol. The van der Waals surface area contributed by atoms with E-state index in [4.69, 9.17) is 16.3 Å². The van der Waals surface area contributed by atoms with E-state index >= 15 is 0 Å². The fourth-order valence-electron chi connectivity index (χ4n) is 2.89. The van der Waals surface area contributed by atoms with E-state index in [0.29, 0.717) is 36.7 Å². The van der Waals surface area contributed by atoms with Gasteiger partial charge in [0.2, 0.25) is 0 Å². The Hall–Kier alpha value is -1.51. The molecule has 26 heavy (non-hydrogen) atoms. The summed E-state index contributed by atoms with van der Waals surface area (Å²) in [6.45, 7) is 1.97. The highest BCUT2D eigenvalue weighted by Gasteiger charge is 2.34. The average molecular weight is 404 g/mol. The van der Waals surface area contributed by atoms with E-state index < -0.39 is 15.1 Å². The van der Waals surface area contributed by atoms with Crippen molar-refractivity contribution in [2.75, 3.05) is 47.4 Å². The summed E-state index contributed by atoms with van der Waals surface area (Å²) in [6, 6.07) is 4.23. The summed E-state index contributed by atoms with van der Waals surface area (Å²) in [5.41, 5.74) is 0. The monoisotopic (exact) mass is 403 g/mol. The molecule has 1 aliphatic rings. The third kappa shape index (κ3) is 5.25. The van der Waals surface area contributed by atoms with Crippen LogP contribution in [0.25, 0.3) is 0 Å². The number of carbonyl (C=O) groups is 1. The van der Waals surface area contributed by atoms with E-state index in [-0.39, 0.29) is 17.5 Å². The van der Waals surface area contributed by atoms with Crippen LogP contribution in [0.1, 0.15) is 12.8 Å². The summed E-state index contributed by atoms with van der Waals surface area (Å²) in [7, 11) is 1.70. The van der Waals surface area contributed by atoms with Gasteiger partial charge in [-0.15, -0.1) is 0 Å². The molecule has 0 aromatic heterocycles. The normalized spacial score (nSPS) is 18.0. The number of ether oxygens (including phenoxy) is 1. The maximum absolute atomic E-state index is 13.0. The van der Waals surface area contributed by atoms with E-state index in [9.17, 15) is 13.2 Å². The van der Waals surface area contributed by atoms with Crippen molar-refractivity contribution in [3.8, 4) is 5.75 Å². The first-order valence-electron chi connectivity index (χ1n) is 8.50. The molecule has 2 rings (SSSR count). The topological polar surface area (TPSA) is 79.0 Å². The van der Waals surface area contributed by atoms with Crippen molar-refractivity contribution < 1.29 is 17.9 Å². The molecule has 2 amide bonds. The second-order valence-corrected chi connectivity index (χ2v) is 9.28. The van der Waals surface area contributed by atoms with Gasteiger partial charge in [-0.25, -0.2) is 13.2 Å². The minimum absolute atomic E-state index is 0.127. The Morgan fingerprint density at radius 3 is 2.77 bits per heavy atom. The number of methoxy groups -OCH3 is 1. The van der Waals surface area contributed by atoms with Gasteiger partial charge in [0.25, 0.3) is 0 Å². The lowest BCUT2D eigenvalue weighted by Gasteiger charge is -2.32. The molecule has 0 spiro atoms. The zero-order valence-corrected chi connectivity index (χ0v) is 16.9. The first-order valence-corrected chi connectivity index (χ1v) is 10.4. The summed E-state index contributed by atoms with van der Waals surface area (Å²) in [4.78, 5) is 16.0. The van der Waals surface area contributed by atoms with Gasteiger partial charge in [0.15, 0.2) is 9.84 Å². The molecule has 1 aromatic carbocycles. The molecule has 1 N–H and O–H groups in total. The van der Waals surface area contributed by atoms with Crippen LogP contribution in [0, 0.1) is 0 Å².